The summed E-state index contributed by atoms with van der Waals surface area (Å²) in [6, 6.07) is 14.5. The number of hydrogen-bond donors (Lipinski definition) is 2. The fourth-order valence-electron chi connectivity index (χ4n) is 4.27. The quantitative estimate of drug-likeness (QED) is 0.380. The molecule has 2 aromatic carbocycles. The zero-order valence-electron chi connectivity index (χ0n) is 21.6. The van der Waals surface area contributed by atoms with Crippen LogP contribution in [0.5, 0.6) is 5.75 Å². The molecule has 1 aromatic heterocycles. The highest BCUT2D eigenvalue weighted by Gasteiger charge is 2.37. The summed E-state index contributed by atoms with van der Waals surface area (Å²) in [5, 5.41) is 6.37. The molecule has 0 radical (unpaired) electrons. The number of fused-ring (bicyclic) bond motifs is 1. The fourth-order valence-corrected chi connectivity index (χ4v) is 5.15. The number of aromatic nitrogens is 1. The van der Waals surface area contributed by atoms with Crippen LogP contribution in [0, 0.1) is 0 Å². The van der Waals surface area contributed by atoms with Crippen molar-refractivity contribution in [3.63, 3.8) is 0 Å². The topological polar surface area (TPSA) is 116 Å². The third-order valence-corrected chi connectivity index (χ3v) is 6.83. The lowest BCUT2D eigenvalue weighted by atomic mass is 9.80. The SMILES string of the molecule is CCOC(=O)C1=C(C)NC(C)=C(C(=O)OCC)C1c1ccc(OCC(=O)Nc2nc3ccccc3s2)cc1. The maximum Gasteiger partial charge on any atom is 0.336 e. The smallest absolute Gasteiger partial charge is 0.336 e. The number of hydrogen-bond acceptors (Lipinski definition) is 9. The molecule has 3 aromatic rings. The summed E-state index contributed by atoms with van der Waals surface area (Å²) in [6.07, 6.45) is 0. The second kappa shape index (κ2) is 11.9. The van der Waals surface area contributed by atoms with Gasteiger partial charge in [-0.15, -0.1) is 0 Å². The van der Waals surface area contributed by atoms with Crippen LogP contribution < -0.4 is 15.4 Å². The Balaban J connectivity index is 1.51. The number of allylic oxidation sites excluding steroid dienone is 2. The maximum absolute atomic E-state index is 12.9. The predicted octanol–water partition coefficient (Wildman–Crippen LogP) is 4.67. The number of rotatable bonds is 9. The van der Waals surface area contributed by atoms with Crippen LogP contribution in [-0.2, 0) is 23.9 Å². The van der Waals surface area contributed by atoms with E-state index >= 15 is 0 Å². The Kier molecular flexibility index (Phi) is 8.42. The minimum atomic E-state index is -0.689. The molecule has 0 saturated heterocycles. The van der Waals surface area contributed by atoms with E-state index in [-0.39, 0.29) is 25.7 Å². The van der Waals surface area contributed by atoms with Gasteiger partial charge >= 0.3 is 11.9 Å². The van der Waals surface area contributed by atoms with E-state index in [1.165, 1.54) is 11.3 Å². The Labute approximate surface area is 224 Å². The lowest BCUT2D eigenvalue weighted by Crippen LogP contribution is -2.32. The summed E-state index contributed by atoms with van der Waals surface area (Å²) in [5.74, 6) is -1.59. The molecule has 4 rings (SSSR count). The van der Waals surface area contributed by atoms with Crippen LogP contribution in [0.3, 0.4) is 0 Å². The average molecular weight is 536 g/mol. The minimum Gasteiger partial charge on any atom is -0.484 e. The van der Waals surface area contributed by atoms with E-state index in [0.717, 1.165) is 10.2 Å². The van der Waals surface area contributed by atoms with Gasteiger partial charge in [-0.05, 0) is 57.5 Å². The molecule has 2 heterocycles. The summed E-state index contributed by atoms with van der Waals surface area (Å²) in [4.78, 5) is 42.6. The van der Waals surface area contributed by atoms with Crippen LogP contribution in [0.15, 0.2) is 71.1 Å². The Morgan fingerprint density at radius 3 is 2.11 bits per heavy atom. The number of carbonyl (C=O) groups is 3. The van der Waals surface area contributed by atoms with Crippen molar-refractivity contribution in [1.29, 1.82) is 0 Å². The third kappa shape index (κ3) is 5.86. The summed E-state index contributed by atoms with van der Waals surface area (Å²) < 4.78 is 17.2. The number of carbonyl (C=O) groups excluding carboxylic acids is 3. The third-order valence-electron chi connectivity index (χ3n) is 5.87. The van der Waals surface area contributed by atoms with Crippen molar-refractivity contribution in [3.8, 4) is 5.75 Å². The molecule has 0 bridgehead atoms. The molecular weight excluding hydrogens is 506 g/mol. The highest BCUT2D eigenvalue weighted by atomic mass is 32.1. The second-order valence-corrected chi connectivity index (χ2v) is 9.50. The molecule has 198 valence electrons. The van der Waals surface area contributed by atoms with E-state index in [4.69, 9.17) is 14.2 Å². The number of esters is 2. The van der Waals surface area contributed by atoms with Gasteiger partial charge in [-0.3, -0.25) is 10.1 Å². The van der Waals surface area contributed by atoms with Gasteiger partial charge in [-0.25, -0.2) is 14.6 Å². The largest absolute Gasteiger partial charge is 0.484 e. The van der Waals surface area contributed by atoms with Gasteiger partial charge in [0, 0.05) is 11.4 Å². The number of amides is 1. The van der Waals surface area contributed by atoms with Crippen LogP contribution in [0.4, 0.5) is 5.13 Å². The Morgan fingerprint density at radius 1 is 0.921 bits per heavy atom. The molecule has 0 spiro atoms. The Morgan fingerprint density at radius 2 is 1.53 bits per heavy atom. The number of benzene rings is 2. The first-order valence-corrected chi connectivity index (χ1v) is 13.0. The minimum absolute atomic E-state index is 0.200. The molecule has 9 nitrogen and oxygen atoms in total. The molecular formula is C28H29N3O6S. The number of dihydropyridines is 1. The average Bonchev–Trinajstić information content (AvgIpc) is 3.29. The molecule has 1 aliphatic heterocycles. The van der Waals surface area contributed by atoms with Crippen LogP contribution >= 0.6 is 11.3 Å². The molecule has 10 heteroatoms. The molecule has 38 heavy (non-hydrogen) atoms. The standard InChI is InChI=1S/C28H29N3O6S/c1-5-35-26(33)23-16(3)29-17(4)24(27(34)36-6-2)25(23)18-11-13-19(14-12-18)37-15-22(32)31-28-30-20-9-7-8-10-21(20)38-28/h7-14,25,29H,5-6,15H2,1-4H3,(H,30,31,32). The number of anilines is 1. The van der Waals surface area contributed by atoms with Gasteiger partial charge in [0.25, 0.3) is 5.91 Å². The number of ether oxygens (including phenoxy) is 3. The van der Waals surface area contributed by atoms with Crippen molar-refractivity contribution in [2.45, 2.75) is 33.6 Å². The molecule has 0 aliphatic carbocycles. The van der Waals surface area contributed by atoms with Crippen LogP contribution in [0.2, 0.25) is 0 Å². The second-order valence-electron chi connectivity index (χ2n) is 8.47. The van der Waals surface area contributed by atoms with E-state index in [1.807, 2.05) is 24.3 Å². The van der Waals surface area contributed by atoms with Crippen molar-refractivity contribution in [2.24, 2.45) is 0 Å². The van der Waals surface area contributed by atoms with E-state index in [9.17, 15) is 14.4 Å². The zero-order chi connectivity index (χ0) is 27.2. The lowest BCUT2D eigenvalue weighted by molar-refractivity contribution is -0.139. The van der Waals surface area contributed by atoms with Crippen molar-refractivity contribution >= 4 is 44.5 Å². The van der Waals surface area contributed by atoms with Gasteiger partial charge in [0.1, 0.15) is 5.75 Å². The maximum atomic E-state index is 12.9. The molecule has 1 amide bonds. The number of nitrogens with one attached hydrogen (secondary N) is 2. The van der Waals surface area contributed by atoms with Crippen molar-refractivity contribution in [1.82, 2.24) is 10.3 Å². The van der Waals surface area contributed by atoms with Crippen molar-refractivity contribution < 1.29 is 28.6 Å². The van der Waals surface area contributed by atoms with Crippen LogP contribution in [0.25, 0.3) is 10.2 Å². The predicted molar refractivity (Wildman–Crippen MR) is 145 cm³/mol. The first-order chi connectivity index (χ1) is 18.3. The summed E-state index contributed by atoms with van der Waals surface area (Å²) >= 11 is 1.39. The molecule has 0 unspecified atom stereocenters. The summed E-state index contributed by atoms with van der Waals surface area (Å²) in [7, 11) is 0. The van der Waals surface area contributed by atoms with E-state index in [0.29, 0.717) is 39.0 Å². The number of thiazole rings is 1. The van der Waals surface area contributed by atoms with Crippen molar-refractivity contribution in [2.75, 3.05) is 25.1 Å². The first-order valence-electron chi connectivity index (χ1n) is 12.2. The van der Waals surface area contributed by atoms with Crippen molar-refractivity contribution in [3.05, 3.63) is 76.6 Å². The van der Waals surface area contributed by atoms with Gasteiger partial charge in [0.2, 0.25) is 0 Å². The number of para-hydroxylation sites is 1. The fraction of sp³-hybridized carbons (Fsp3) is 0.286. The van der Waals surface area contributed by atoms with Crippen LogP contribution in [-0.4, -0.2) is 42.7 Å². The molecule has 0 fully saturated rings. The van der Waals surface area contributed by atoms with Gasteiger partial charge in [0.05, 0.1) is 40.5 Å². The lowest BCUT2D eigenvalue weighted by Gasteiger charge is -2.30. The van der Waals surface area contributed by atoms with Gasteiger partial charge in [-0.1, -0.05) is 35.6 Å². The van der Waals surface area contributed by atoms with Crippen LogP contribution in [0.1, 0.15) is 39.2 Å². The summed E-state index contributed by atoms with van der Waals surface area (Å²) in [6.45, 7) is 7.19. The Bertz CT molecular complexity index is 1350. The zero-order valence-corrected chi connectivity index (χ0v) is 22.4. The highest BCUT2D eigenvalue weighted by Crippen LogP contribution is 2.39. The van der Waals surface area contributed by atoms with Gasteiger partial charge in [0.15, 0.2) is 11.7 Å². The first kappa shape index (κ1) is 26.9. The van der Waals surface area contributed by atoms with Gasteiger partial charge < -0.3 is 19.5 Å². The normalized spacial score (nSPS) is 13.8. The van der Waals surface area contributed by atoms with E-state index < -0.39 is 17.9 Å². The highest BCUT2D eigenvalue weighted by molar-refractivity contribution is 7.22. The summed E-state index contributed by atoms with van der Waals surface area (Å²) in [5.41, 5.74) is 3.38. The Hall–Kier alpha value is -4.18. The monoisotopic (exact) mass is 535 g/mol. The molecule has 0 atom stereocenters. The molecule has 1 aliphatic rings. The molecule has 0 saturated carbocycles. The van der Waals surface area contributed by atoms with E-state index in [2.05, 4.69) is 15.6 Å². The van der Waals surface area contributed by atoms with E-state index in [1.54, 1.807) is 52.0 Å². The molecule has 2 N–H and O–H groups in total. The van der Waals surface area contributed by atoms with Gasteiger partial charge in [-0.2, -0.15) is 0 Å². The number of nitrogens with zero attached hydrogens (tertiary/aromatic N) is 1.